The number of carbonyl (C=O) groups excluding carboxylic acids is 1. The van der Waals surface area contributed by atoms with Crippen LogP contribution in [0.25, 0.3) is 11.3 Å². The van der Waals surface area contributed by atoms with E-state index >= 15 is 0 Å². The second-order valence-corrected chi connectivity index (χ2v) is 6.59. The summed E-state index contributed by atoms with van der Waals surface area (Å²) in [5, 5.41) is 5.19. The van der Waals surface area contributed by atoms with E-state index in [1.54, 1.807) is 24.3 Å². The van der Waals surface area contributed by atoms with Gasteiger partial charge in [-0.25, -0.2) is 4.98 Å². The lowest BCUT2D eigenvalue weighted by molar-refractivity contribution is -0.118. The van der Waals surface area contributed by atoms with Crippen molar-refractivity contribution in [2.75, 3.05) is 25.1 Å². The summed E-state index contributed by atoms with van der Waals surface area (Å²) >= 11 is 1.37. The molecule has 2 aromatic carbocycles. The summed E-state index contributed by atoms with van der Waals surface area (Å²) in [7, 11) is 0. The van der Waals surface area contributed by atoms with Gasteiger partial charge in [0.05, 0.1) is 18.9 Å². The van der Waals surface area contributed by atoms with E-state index in [9.17, 15) is 4.79 Å². The first-order valence-corrected chi connectivity index (χ1v) is 9.90. The third kappa shape index (κ3) is 5.47. The lowest BCUT2D eigenvalue weighted by Crippen LogP contribution is -2.20. The van der Waals surface area contributed by atoms with Gasteiger partial charge in [-0.15, -0.1) is 11.3 Å². The quantitative estimate of drug-likeness (QED) is 0.569. The minimum Gasteiger partial charge on any atom is -0.494 e. The summed E-state index contributed by atoms with van der Waals surface area (Å²) in [6.45, 7) is 5.02. The maximum absolute atomic E-state index is 12.1. The van der Waals surface area contributed by atoms with Crippen molar-refractivity contribution in [2.24, 2.45) is 0 Å². The van der Waals surface area contributed by atoms with Crippen LogP contribution in [-0.4, -0.2) is 30.7 Å². The van der Waals surface area contributed by atoms with Crippen molar-refractivity contribution in [1.29, 1.82) is 0 Å². The minimum atomic E-state index is -0.263. The molecule has 3 aromatic rings. The Hall–Kier alpha value is -3.06. The summed E-state index contributed by atoms with van der Waals surface area (Å²) in [5.74, 6) is 1.93. The Labute approximate surface area is 168 Å². The first-order valence-electron chi connectivity index (χ1n) is 9.02. The van der Waals surface area contributed by atoms with Crippen molar-refractivity contribution in [3.63, 3.8) is 0 Å². The number of rotatable bonds is 9. The number of thiazole rings is 1. The van der Waals surface area contributed by atoms with E-state index in [1.807, 2.05) is 43.5 Å². The van der Waals surface area contributed by atoms with Crippen LogP contribution in [0.4, 0.5) is 5.13 Å². The lowest BCUT2D eigenvalue weighted by Gasteiger charge is -2.07. The third-order valence-corrected chi connectivity index (χ3v) is 4.47. The number of nitrogens with zero attached hydrogens (tertiary/aromatic N) is 1. The molecule has 1 heterocycles. The smallest absolute Gasteiger partial charge is 0.264 e. The van der Waals surface area contributed by atoms with Crippen LogP contribution >= 0.6 is 11.3 Å². The van der Waals surface area contributed by atoms with E-state index < -0.39 is 0 Å². The standard InChI is InChI=1S/C21H22N2O4S/c1-3-25-16-7-5-15(6-8-16)19-14-28-21(22-19)23-20(24)13-27-18-11-9-17(10-12-18)26-4-2/h5-12,14H,3-4,13H2,1-2H3,(H,22,23,24). The number of nitrogens with one attached hydrogen (secondary N) is 1. The van der Waals surface area contributed by atoms with Crippen LogP contribution < -0.4 is 19.5 Å². The molecule has 1 aromatic heterocycles. The second kappa shape index (κ2) is 9.75. The summed E-state index contributed by atoms with van der Waals surface area (Å²) in [4.78, 5) is 16.6. The van der Waals surface area contributed by atoms with Gasteiger partial charge in [0.1, 0.15) is 17.2 Å². The monoisotopic (exact) mass is 398 g/mol. The Morgan fingerprint density at radius 3 is 2.00 bits per heavy atom. The number of amides is 1. The number of anilines is 1. The van der Waals surface area contributed by atoms with Crippen LogP contribution in [0.1, 0.15) is 13.8 Å². The molecule has 1 amide bonds. The molecule has 0 radical (unpaired) electrons. The molecule has 0 aliphatic rings. The van der Waals surface area contributed by atoms with E-state index in [0.29, 0.717) is 24.1 Å². The van der Waals surface area contributed by atoms with Crippen LogP contribution in [0.5, 0.6) is 17.2 Å². The van der Waals surface area contributed by atoms with Crippen LogP contribution in [-0.2, 0) is 4.79 Å². The van der Waals surface area contributed by atoms with Gasteiger partial charge in [0, 0.05) is 10.9 Å². The fourth-order valence-corrected chi connectivity index (χ4v) is 3.19. The summed E-state index contributed by atoms with van der Waals surface area (Å²) in [5.41, 5.74) is 1.77. The van der Waals surface area contributed by atoms with Crippen LogP contribution in [0.2, 0.25) is 0 Å². The molecule has 1 N–H and O–H groups in total. The van der Waals surface area contributed by atoms with Gasteiger partial charge < -0.3 is 14.2 Å². The minimum absolute atomic E-state index is 0.0913. The molecular formula is C21H22N2O4S. The highest BCUT2D eigenvalue weighted by Gasteiger charge is 2.09. The molecule has 28 heavy (non-hydrogen) atoms. The third-order valence-electron chi connectivity index (χ3n) is 3.72. The van der Waals surface area contributed by atoms with Crippen molar-refractivity contribution in [3.05, 3.63) is 53.9 Å². The number of ether oxygens (including phenoxy) is 3. The molecule has 0 aliphatic heterocycles. The molecule has 0 atom stereocenters. The fourth-order valence-electron chi connectivity index (χ4n) is 2.46. The number of carbonyl (C=O) groups is 1. The fraction of sp³-hybridized carbons (Fsp3) is 0.238. The highest BCUT2D eigenvalue weighted by atomic mass is 32.1. The van der Waals surface area contributed by atoms with Crippen molar-refractivity contribution in [1.82, 2.24) is 4.98 Å². The Balaban J connectivity index is 1.52. The van der Waals surface area contributed by atoms with Crippen molar-refractivity contribution in [3.8, 4) is 28.5 Å². The zero-order chi connectivity index (χ0) is 19.8. The topological polar surface area (TPSA) is 69.7 Å². The van der Waals surface area contributed by atoms with Gasteiger partial charge >= 0.3 is 0 Å². The molecule has 146 valence electrons. The SMILES string of the molecule is CCOc1ccc(OCC(=O)Nc2nc(-c3ccc(OCC)cc3)cs2)cc1. The highest BCUT2D eigenvalue weighted by Crippen LogP contribution is 2.26. The molecular weight excluding hydrogens is 376 g/mol. The predicted octanol–water partition coefficient (Wildman–Crippen LogP) is 4.63. The molecule has 0 bridgehead atoms. The van der Waals surface area contributed by atoms with Crippen LogP contribution in [0.3, 0.4) is 0 Å². The van der Waals surface area contributed by atoms with Gasteiger partial charge in [0.15, 0.2) is 11.7 Å². The van der Waals surface area contributed by atoms with Gasteiger partial charge in [-0.3, -0.25) is 10.1 Å². The van der Waals surface area contributed by atoms with E-state index in [0.717, 1.165) is 22.8 Å². The highest BCUT2D eigenvalue weighted by molar-refractivity contribution is 7.14. The molecule has 6 nitrogen and oxygen atoms in total. The van der Waals surface area contributed by atoms with Crippen molar-refractivity contribution >= 4 is 22.4 Å². The predicted molar refractivity (Wildman–Crippen MR) is 110 cm³/mol. The normalized spacial score (nSPS) is 10.4. The van der Waals surface area contributed by atoms with Crippen LogP contribution in [0, 0.1) is 0 Å². The maximum atomic E-state index is 12.1. The van der Waals surface area contributed by atoms with E-state index in [2.05, 4.69) is 10.3 Å². The Morgan fingerprint density at radius 2 is 1.43 bits per heavy atom. The zero-order valence-electron chi connectivity index (χ0n) is 15.8. The molecule has 0 saturated carbocycles. The summed E-state index contributed by atoms with van der Waals surface area (Å²) in [6, 6.07) is 14.8. The van der Waals surface area contributed by atoms with Crippen molar-refractivity contribution in [2.45, 2.75) is 13.8 Å². The number of hydrogen-bond donors (Lipinski definition) is 1. The Kier molecular flexibility index (Phi) is 6.86. The van der Waals surface area contributed by atoms with Gasteiger partial charge in [0.25, 0.3) is 5.91 Å². The molecule has 0 fully saturated rings. The first kappa shape index (κ1) is 19.7. The average Bonchev–Trinajstić information content (AvgIpc) is 3.17. The number of hydrogen-bond acceptors (Lipinski definition) is 6. The molecule has 3 rings (SSSR count). The second-order valence-electron chi connectivity index (χ2n) is 5.74. The summed E-state index contributed by atoms with van der Waals surface area (Å²) in [6.07, 6.45) is 0. The number of benzene rings is 2. The molecule has 0 aliphatic carbocycles. The molecule has 0 unspecified atom stereocenters. The van der Waals surface area contributed by atoms with Gasteiger partial charge in [-0.05, 0) is 62.4 Å². The van der Waals surface area contributed by atoms with Crippen molar-refractivity contribution < 1.29 is 19.0 Å². The Bertz CT molecular complexity index is 892. The number of aromatic nitrogens is 1. The van der Waals surface area contributed by atoms with Gasteiger partial charge in [-0.1, -0.05) is 0 Å². The maximum Gasteiger partial charge on any atom is 0.264 e. The molecule has 7 heteroatoms. The van der Waals surface area contributed by atoms with E-state index in [4.69, 9.17) is 14.2 Å². The van der Waals surface area contributed by atoms with E-state index in [-0.39, 0.29) is 12.5 Å². The molecule has 0 saturated heterocycles. The first-order chi connectivity index (χ1) is 13.7. The largest absolute Gasteiger partial charge is 0.494 e. The van der Waals surface area contributed by atoms with Gasteiger partial charge in [0.2, 0.25) is 0 Å². The van der Waals surface area contributed by atoms with Gasteiger partial charge in [-0.2, -0.15) is 0 Å². The average molecular weight is 398 g/mol. The zero-order valence-corrected chi connectivity index (χ0v) is 16.6. The lowest BCUT2D eigenvalue weighted by atomic mass is 10.2. The summed E-state index contributed by atoms with van der Waals surface area (Å²) < 4.78 is 16.3. The molecule has 0 spiro atoms. The van der Waals surface area contributed by atoms with Crippen LogP contribution in [0.15, 0.2) is 53.9 Å². The Morgan fingerprint density at radius 1 is 0.893 bits per heavy atom. The van der Waals surface area contributed by atoms with E-state index in [1.165, 1.54) is 11.3 Å².